The molecule has 1 atom stereocenters. The number of aromatic nitrogens is 1. The molecule has 0 saturated carbocycles. The molecule has 2 aromatic rings. The number of halogens is 1. The van der Waals surface area contributed by atoms with Crippen LogP contribution in [0.1, 0.15) is 17.3 Å². The van der Waals surface area contributed by atoms with Crippen LogP contribution in [-0.4, -0.2) is 33.8 Å². The number of aromatic carboxylic acids is 1. The van der Waals surface area contributed by atoms with E-state index in [1.54, 1.807) is 19.1 Å². The maximum absolute atomic E-state index is 11.2. The lowest BCUT2D eigenvalue weighted by atomic mass is 10.1. The molecule has 3 N–H and O–H groups in total. The lowest BCUT2D eigenvalue weighted by molar-refractivity contribution is 0.0697. The Morgan fingerprint density at radius 2 is 2.26 bits per heavy atom. The van der Waals surface area contributed by atoms with Crippen LogP contribution in [0.15, 0.2) is 28.9 Å². The van der Waals surface area contributed by atoms with Crippen molar-refractivity contribution in [3.63, 3.8) is 0 Å². The number of aliphatic hydroxyl groups excluding tert-OH is 1. The quantitative estimate of drug-likeness (QED) is 0.804. The number of anilines is 1. The van der Waals surface area contributed by atoms with E-state index in [9.17, 15) is 15.0 Å². The van der Waals surface area contributed by atoms with E-state index in [4.69, 9.17) is 0 Å². The van der Waals surface area contributed by atoms with E-state index in [1.165, 1.54) is 6.20 Å². The first-order chi connectivity index (χ1) is 8.99. The van der Waals surface area contributed by atoms with Crippen LogP contribution in [0.5, 0.6) is 0 Å². The first-order valence-corrected chi connectivity index (χ1v) is 6.52. The fraction of sp³-hybridized carbons (Fsp3) is 0.231. The molecule has 1 heterocycles. The van der Waals surface area contributed by atoms with E-state index in [1.807, 2.05) is 6.07 Å². The fourth-order valence-corrected chi connectivity index (χ4v) is 2.13. The molecule has 0 aliphatic carbocycles. The van der Waals surface area contributed by atoms with E-state index in [0.29, 0.717) is 16.6 Å². The number of carbonyl (C=O) groups is 1. The highest BCUT2D eigenvalue weighted by molar-refractivity contribution is 9.10. The molecule has 0 saturated heterocycles. The summed E-state index contributed by atoms with van der Waals surface area (Å²) in [6.07, 6.45) is 0.750. The Morgan fingerprint density at radius 1 is 1.53 bits per heavy atom. The molecule has 5 nitrogen and oxygen atoms in total. The Bertz CT molecular complexity index is 629. The molecule has 1 aromatic carbocycles. The van der Waals surface area contributed by atoms with Gasteiger partial charge in [-0.2, -0.15) is 0 Å². The summed E-state index contributed by atoms with van der Waals surface area (Å²) in [7, 11) is 0. The van der Waals surface area contributed by atoms with E-state index < -0.39 is 12.1 Å². The molecule has 0 fully saturated rings. The first kappa shape index (κ1) is 13.8. The van der Waals surface area contributed by atoms with Gasteiger partial charge >= 0.3 is 5.97 Å². The number of carboxylic acid groups (broad SMARTS) is 1. The zero-order valence-electron chi connectivity index (χ0n) is 10.2. The third kappa shape index (κ3) is 3.02. The van der Waals surface area contributed by atoms with Crippen LogP contribution < -0.4 is 5.32 Å². The van der Waals surface area contributed by atoms with Crippen molar-refractivity contribution in [3.8, 4) is 0 Å². The average Bonchev–Trinajstić information content (AvgIpc) is 2.35. The van der Waals surface area contributed by atoms with Crippen LogP contribution >= 0.6 is 15.9 Å². The molecule has 0 spiro atoms. The molecule has 2 rings (SSSR count). The minimum Gasteiger partial charge on any atom is -0.478 e. The monoisotopic (exact) mass is 324 g/mol. The Morgan fingerprint density at radius 3 is 2.89 bits per heavy atom. The van der Waals surface area contributed by atoms with Crippen LogP contribution in [0.2, 0.25) is 0 Å². The number of hydrogen-bond donors (Lipinski definition) is 3. The smallest absolute Gasteiger partial charge is 0.339 e. The average molecular weight is 325 g/mol. The molecule has 0 amide bonds. The molecule has 1 aromatic heterocycles. The highest BCUT2D eigenvalue weighted by atomic mass is 79.9. The molecule has 0 unspecified atom stereocenters. The van der Waals surface area contributed by atoms with Crippen molar-refractivity contribution in [2.45, 2.75) is 13.0 Å². The number of pyridine rings is 1. The molecule has 0 bridgehead atoms. The second kappa shape index (κ2) is 5.54. The summed E-state index contributed by atoms with van der Waals surface area (Å²) >= 11 is 3.36. The summed E-state index contributed by atoms with van der Waals surface area (Å²) < 4.78 is 0.837. The van der Waals surface area contributed by atoms with Crippen molar-refractivity contribution < 1.29 is 15.0 Å². The van der Waals surface area contributed by atoms with Crippen LogP contribution in [0.4, 0.5) is 5.69 Å². The van der Waals surface area contributed by atoms with Crippen molar-refractivity contribution in [1.29, 1.82) is 0 Å². The minimum absolute atomic E-state index is 0.0891. The second-order valence-corrected chi connectivity index (χ2v) is 5.16. The molecule has 0 radical (unpaired) electrons. The van der Waals surface area contributed by atoms with E-state index in [-0.39, 0.29) is 12.1 Å². The molecular weight excluding hydrogens is 312 g/mol. The van der Waals surface area contributed by atoms with Gasteiger partial charge in [-0.1, -0.05) is 15.9 Å². The maximum Gasteiger partial charge on any atom is 0.339 e. The molecule has 0 aliphatic rings. The number of hydrogen-bond acceptors (Lipinski definition) is 4. The third-order valence-electron chi connectivity index (χ3n) is 2.63. The normalized spacial score (nSPS) is 12.4. The third-order valence-corrected chi connectivity index (χ3v) is 3.13. The number of nitrogens with one attached hydrogen (secondary N) is 1. The van der Waals surface area contributed by atoms with Crippen molar-refractivity contribution in [2.24, 2.45) is 0 Å². The van der Waals surface area contributed by atoms with Crippen LogP contribution in [0, 0.1) is 0 Å². The van der Waals surface area contributed by atoms with Gasteiger partial charge in [0.15, 0.2) is 0 Å². The van der Waals surface area contributed by atoms with Crippen LogP contribution in [0.3, 0.4) is 0 Å². The Kier molecular flexibility index (Phi) is 4.01. The number of fused-ring (bicyclic) bond motifs is 1. The highest BCUT2D eigenvalue weighted by Crippen LogP contribution is 2.28. The van der Waals surface area contributed by atoms with Gasteiger partial charge in [0.2, 0.25) is 0 Å². The number of carboxylic acids is 1. The fourth-order valence-electron chi connectivity index (χ4n) is 1.77. The minimum atomic E-state index is -1.05. The van der Waals surface area contributed by atoms with Gasteiger partial charge in [0, 0.05) is 22.6 Å². The van der Waals surface area contributed by atoms with Gasteiger partial charge in [-0.25, -0.2) is 4.79 Å². The number of aliphatic hydroxyl groups is 1. The highest BCUT2D eigenvalue weighted by Gasteiger charge is 2.15. The van der Waals surface area contributed by atoms with Crippen molar-refractivity contribution in [1.82, 2.24) is 4.98 Å². The van der Waals surface area contributed by atoms with Crippen molar-refractivity contribution in [2.75, 3.05) is 11.9 Å². The van der Waals surface area contributed by atoms with E-state index in [2.05, 4.69) is 26.2 Å². The second-order valence-electron chi connectivity index (χ2n) is 4.24. The van der Waals surface area contributed by atoms with E-state index >= 15 is 0 Å². The Balaban J connectivity index is 2.61. The lowest BCUT2D eigenvalue weighted by Crippen LogP contribution is -2.17. The summed E-state index contributed by atoms with van der Waals surface area (Å²) in [4.78, 5) is 15.4. The molecule has 100 valence electrons. The Labute approximate surface area is 118 Å². The summed E-state index contributed by atoms with van der Waals surface area (Å²) in [6, 6.07) is 5.45. The van der Waals surface area contributed by atoms with Gasteiger partial charge in [0.1, 0.15) is 5.56 Å². The standard InChI is InChI=1S/C13H13BrN2O3/c1-7(17)5-16-12-9-4-8(14)2-3-11(9)15-6-10(12)13(18)19/h2-4,6-7,17H,5H2,1H3,(H,15,16)(H,18,19)/t7-/m1/s1. The largest absolute Gasteiger partial charge is 0.478 e. The van der Waals surface area contributed by atoms with Crippen LogP contribution in [0.25, 0.3) is 10.9 Å². The van der Waals surface area contributed by atoms with Crippen LogP contribution in [-0.2, 0) is 0 Å². The summed E-state index contributed by atoms with van der Waals surface area (Å²) in [6.45, 7) is 1.90. The number of nitrogens with zero attached hydrogens (tertiary/aromatic N) is 1. The summed E-state index contributed by atoms with van der Waals surface area (Å²) in [5.41, 5.74) is 1.26. The predicted molar refractivity (Wildman–Crippen MR) is 76.6 cm³/mol. The van der Waals surface area contributed by atoms with Gasteiger partial charge in [-0.05, 0) is 25.1 Å². The van der Waals surface area contributed by atoms with Gasteiger partial charge in [-0.15, -0.1) is 0 Å². The number of benzene rings is 1. The van der Waals surface area contributed by atoms with Gasteiger partial charge in [0.25, 0.3) is 0 Å². The molecule has 19 heavy (non-hydrogen) atoms. The number of rotatable bonds is 4. The SMILES string of the molecule is C[C@@H](O)CNc1c(C(=O)O)cnc2ccc(Br)cc12. The zero-order chi connectivity index (χ0) is 14.0. The van der Waals surface area contributed by atoms with Gasteiger partial charge in [0.05, 0.1) is 17.3 Å². The lowest BCUT2D eigenvalue weighted by Gasteiger charge is -2.14. The maximum atomic E-state index is 11.2. The predicted octanol–water partition coefficient (Wildman–Crippen LogP) is 2.49. The summed E-state index contributed by atoms with van der Waals surface area (Å²) in [5.74, 6) is -1.05. The van der Waals surface area contributed by atoms with E-state index in [0.717, 1.165) is 4.47 Å². The van der Waals surface area contributed by atoms with Gasteiger partial charge < -0.3 is 15.5 Å². The molecular formula is C13H13BrN2O3. The molecule has 6 heteroatoms. The molecule has 0 aliphatic heterocycles. The zero-order valence-corrected chi connectivity index (χ0v) is 11.8. The van der Waals surface area contributed by atoms with Gasteiger partial charge in [-0.3, -0.25) is 4.98 Å². The van der Waals surface area contributed by atoms with Crippen molar-refractivity contribution >= 4 is 38.5 Å². The topological polar surface area (TPSA) is 82.5 Å². The first-order valence-electron chi connectivity index (χ1n) is 5.72. The van der Waals surface area contributed by atoms with Crippen molar-refractivity contribution in [3.05, 3.63) is 34.4 Å². The Hall–Kier alpha value is -1.66. The summed E-state index contributed by atoms with van der Waals surface area (Å²) in [5, 5.41) is 22.2.